The van der Waals surface area contributed by atoms with Crippen LogP contribution in [-0.2, 0) is 16.0 Å². The first-order valence-electron chi connectivity index (χ1n) is 8.76. The molecule has 0 heterocycles. The number of carbonyl (C=O) groups is 2. The van der Waals surface area contributed by atoms with Gasteiger partial charge in [-0.2, -0.15) is 0 Å². The molecule has 2 aromatic rings. The molecule has 0 radical (unpaired) electrons. The fraction of sp³-hybridized carbons (Fsp3) is 0.333. The summed E-state index contributed by atoms with van der Waals surface area (Å²) in [6.45, 7) is 5.76. The van der Waals surface area contributed by atoms with E-state index < -0.39 is 6.04 Å². The molecule has 2 amide bonds. The van der Waals surface area contributed by atoms with Crippen LogP contribution in [0.3, 0.4) is 0 Å². The fourth-order valence-corrected chi connectivity index (χ4v) is 2.80. The highest BCUT2D eigenvalue weighted by molar-refractivity contribution is 6.30. The highest BCUT2D eigenvalue weighted by Crippen LogP contribution is 2.13. The van der Waals surface area contributed by atoms with Crippen LogP contribution in [0.4, 0.5) is 0 Å². The van der Waals surface area contributed by atoms with Crippen molar-refractivity contribution in [1.29, 1.82) is 0 Å². The average Bonchev–Trinajstić information content (AvgIpc) is 2.62. The van der Waals surface area contributed by atoms with Gasteiger partial charge >= 0.3 is 0 Å². The van der Waals surface area contributed by atoms with Gasteiger partial charge in [0.1, 0.15) is 6.04 Å². The van der Waals surface area contributed by atoms with Crippen LogP contribution in [0.2, 0.25) is 5.02 Å². The zero-order valence-corrected chi connectivity index (χ0v) is 16.1. The van der Waals surface area contributed by atoms with Crippen molar-refractivity contribution in [1.82, 2.24) is 10.6 Å². The van der Waals surface area contributed by atoms with E-state index in [1.54, 1.807) is 12.1 Å². The zero-order valence-electron chi connectivity index (χ0n) is 15.3. The monoisotopic (exact) mass is 372 g/mol. The molecule has 0 bridgehead atoms. The first-order valence-corrected chi connectivity index (χ1v) is 9.13. The zero-order chi connectivity index (χ0) is 19.1. The summed E-state index contributed by atoms with van der Waals surface area (Å²) < 4.78 is 0. The Labute approximate surface area is 159 Å². The van der Waals surface area contributed by atoms with Gasteiger partial charge in [0.15, 0.2) is 0 Å². The van der Waals surface area contributed by atoms with Crippen molar-refractivity contribution in [3.8, 4) is 0 Å². The molecule has 0 aliphatic rings. The second kappa shape index (κ2) is 9.39. The smallest absolute Gasteiger partial charge is 0.243 e. The van der Waals surface area contributed by atoms with Gasteiger partial charge in [-0.25, -0.2) is 0 Å². The standard InChI is InChI=1S/C21H25ClN2O2/c1-14(2)20(21(26)23-15(3)17-7-5-4-6-8-17)24-19(25)13-16-9-11-18(22)12-10-16/h4-12,14-15,20H,13H2,1-3H3,(H,23,26)(H,24,25). The number of nitrogens with one attached hydrogen (secondary N) is 2. The molecule has 0 aromatic heterocycles. The number of amides is 2. The Bertz CT molecular complexity index is 729. The largest absolute Gasteiger partial charge is 0.348 e. The third-order valence-electron chi connectivity index (χ3n) is 4.20. The molecule has 138 valence electrons. The van der Waals surface area contributed by atoms with Gasteiger partial charge in [0.05, 0.1) is 12.5 Å². The SMILES string of the molecule is CC(NC(=O)C(NC(=O)Cc1ccc(Cl)cc1)C(C)C)c1ccccc1. The van der Waals surface area contributed by atoms with Crippen molar-refractivity contribution < 1.29 is 9.59 Å². The summed E-state index contributed by atoms with van der Waals surface area (Å²) in [5, 5.41) is 6.46. The molecule has 0 spiro atoms. The summed E-state index contributed by atoms with van der Waals surface area (Å²) in [6, 6.07) is 16.1. The van der Waals surface area contributed by atoms with Crippen LogP contribution in [0.5, 0.6) is 0 Å². The number of carbonyl (C=O) groups excluding carboxylic acids is 2. The van der Waals surface area contributed by atoms with Crippen LogP contribution in [0.25, 0.3) is 0 Å². The van der Waals surface area contributed by atoms with Gasteiger partial charge < -0.3 is 10.6 Å². The molecule has 2 rings (SSSR count). The molecule has 4 nitrogen and oxygen atoms in total. The Morgan fingerprint density at radius 1 is 0.923 bits per heavy atom. The van der Waals surface area contributed by atoms with E-state index in [4.69, 9.17) is 11.6 Å². The number of hydrogen-bond donors (Lipinski definition) is 2. The summed E-state index contributed by atoms with van der Waals surface area (Å²) in [7, 11) is 0. The van der Waals surface area contributed by atoms with Crippen LogP contribution in [0.1, 0.15) is 37.9 Å². The number of benzene rings is 2. The molecule has 2 N–H and O–H groups in total. The molecule has 0 aliphatic heterocycles. The fourth-order valence-electron chi connectivity index (χ4n) is 2.68. The summed E-state index contributed by atoms with van der Waals surface area (Å²) in [6.07, 6.45) is 0.210. The molecule has 0 saturated carbocycles. The molecule has 2 aromatic carbocycles. The Kier molecular flexibility index (Phi) is 7.22. The Balaban J connectivity index is 1.97. The van der Waals surface area contributed by atoms with Crippen LogP contribution in [0, 0.1) is 5.92 Å². The van der Waals surface area contributed by atoms with Crippen LogP contribution >= 0.6 is 11.6 Å². The molecule has 0 saturated heterocycles. The van der Waals surface area contributed by atoms with Gasteiger partial charge in [-0.3, -0.25) is 9.59 Å². The number of halogens is 1. The lowest BCUT2D eigenvalue weighted by Crippen LogP contribution is -2.50. The average molecular weight is 373 g/mol. The minimum Gasteiger partial charge on any atom is -0.348 e. The maximum absolute atomic E-state index is 12.7. The quantitative estimate of drug-likeness (QED) is 0.774. The minimum absolute atomic E-state index is 0.0212. The van der Waals surface area contributed by atoms with Crippen LogP contribution in [0.15, 0.2) is 54.6 Å². The predicted molar refractivity (Wildman–Crippen MR) is 105 cm³/mol. The van der Waals surface area contributed by atoms with Gasteiger partial charge in [0.2, 0.25) is 11.8 Å². The van der Waals surface area contributed by atoms with Gasteiger partial charge in [0, 0.05) is 5.02 Å². The molecule has 5 heteroatoms. The third kappa shape index (κ3) is 5.88. The van der Waals surface area contributed by atoms with Gasteiger partial charge in [-0.15, -0.1) is 0 Å². The first-order chi connectivity index (χ1) is 12.4. The molecule has 2 unspecified atom stereocenters. The lowest BCUT2D eigenvalue weighted by molar-refractivity contribution is -0.130. The number of hydrogen-bond acceptors (Lipinski definition) is 2. The van der Waals surface area contributed by atoms with Crippen molar-refractivity contribution >= 4 is 23.4 Å². The molecular weight excluding hydrogens is 348 g/mol. The Morgan fingerprint density at radius 3 is 2.12 bits per heavy atom. The highest BCUT2D eigenvalue weighted by Gasteiger charge is 2.25. The summed E-state index contributed by atoms with van der Waals surface area (Å²) >= 11 is 5.86. The first kappa shape index (κ1) is 20.0. The van der Waals surface area contributed by atoms with E-state index in [9.17, 15) is 9.59 Å². The van der Waals surface area contributed by atoms with Crippen molar-refractivity contribution in [2.75, 3.05) is 0 Å². The molecule has 26 heavy (non-hydrogen) atoms. The van der Waals surface area contributed by atoms with E-state index in [1.165, 1.54) is 0 Å². The summed E-state index contributed by atoms with van der Waals surface area (Å²) in [5.41, 5.74) is 1.88. The lowest BCUT2D eigenvalue weighted by Gasteiger charge is -2.24. The highest BCUT2D eigenvalue weighted by atomic mass is 35.5. The maximum atomic E-state index is 12.7. The normalized spacial score (nSPS) is 13.1. The van der Waals surface area contributed by atoms with Crippen molar-refractivity contribution in [2.24, 2.45) is 5.92 Å². The molecule has 0 fully saturated rings. The summed E-state index contributed by atoms with van der Waals surface area (Å²) in [5.74, 6) is -0.388. The van der Waals surface area contributed by atoms with Crippen molar-refractivity contribution in [3.05, 3.63) is 70.7 Å². The third-order valence-corrected chi connectivity index (χ3v) is 4.45. The molecule has 2 atom stereocenters. The topological polar surface area (TPSA) is 58.2 Å². The van der Waals surface area contributed by atoms with E-state index in [0.29, 0.717) is 5.02 Å². The second-order valence-corrected chi connectivity index (χ2v) is 7.17. The molecule has 0 aliphatic carbocycles. The second-order valence-electron chi connectivity index (χ2n) is 6.73. The van der Waals surface area contributed by atoms with E-state index >= 15 is 0 Å². The molecular formula is C21H25ClN2O2. The van der Waals surface area contributed by atoms with E-state index in [1.807, 2.05) is 63.2 Å². The number of rotatable bonds is 7. The minimum atomic E-state index is -0.582. The van der Waals surface area contributed by atoms with Crippen LogP contribution < -0.4 is 10.6 Å². The predicted octanol–water partition coefficient (Wildman–Crippen LogP) is 3.90. The van der Waals surface area contributed by atoms with Crippen LogP contribution in [-0.4, -0.2) is 17.9 Å². The Morgan fingerprint density at radius 2 is 1.54 bits per heavy atom. The lowest BCUT2D eigenvalue weighted by atomic mass is 10.0. The van der Waals surface area contributed by atoms with Gasteiger partial charge in [-0.05, 0) is 36.1 Å². The van der Waals surface area contributed by atoms with E-state index in [-0.39, 0.29) is 30.2 Å². The van der Waals surface area contributed by atoms with Crippen molar-refractivity contribution in [2.45, 2.75) is 39.3 Å². The van der Waals surface area contributed by atoms with Gasteiger partial charge in [0.25, 0.3) is 0 Å². The van der Waals surface area contributed by atoms with Gasteiger partial charge in [-0.1, -0.05) is 67.9 Å². The van der Waals surface area contributed by atoms with Crippen molar-refractivity contribution in [3.63, 3.8) is 0 Å². The van der Waals surface area contributed by atoms with E-state index in [0.717, 1.165) is 11.1 Å². The maximum Gasteiger partial charge on any atom is 0.243 e. The van der Waals surface area contributed by atoms with E-state index in [2.05, 4.69) is 10.6 Å². The Hall–Kier alpha value is -2.33. The summed E-state index contributed by atoms with van der Waals surface area (Å²) in [4.78, 5) is 25.0.